The smallest absolute Gasteiger partial charge is 0.242 e. The molecule has 1 atom stereocenters. The van der Waals surface area contributed by atoms with Crippen molar-refractivity contribution < 1.29 is 4.79 Å². The van der Waals surface area contributed by atoms with Crippen molar-refractivity contribution in [2.75, 3.05) is 20.1 Å². The van der Waals surface area contributed by atoms with E-state index in [-0.39, 0.29) is 5.91 Å². The monoisotopic (exact) mass is 296 g/mol. The van der Waals surface area contributed by atoms with Gasteiger partial charge >= 0.3 is 0 Å². The fourth-order valence-corrected chi connectivity index (χ4v) is 2.04. The number of benzene rings is 1. The number of carbonyl (C=O) groups is 1. The molecule has 1 aromatic carbocycles. The zero-order chi connectivity index (χ0) is 15.0. The molecular weight excluding hydrogens is 272 g/mol. The van der Waals surface area contributed by atoms with Gasteiger partial charge in [-0.2, -0.15) is 0 Å². The van der Waals surface area contributed by atoms with Gasteiger partial charge in [0, 0.05) is 12.6 Å². The Morgan fingerprint density at radius 2 is 1.90 bits per heavy atom. The molecule has 0 radical (unpaired) electrons. The lowest BCUT2D eigenvalue weighted by atomic mass is 10.1. The molecule has 1 N–H and O–H groups in total. The van der Waals surface area contributed by atoms with Crippen LogP contribution < -0.4 is 5.32 Å². The third-order valence-corrected chi connectivity index (χ3v) is 3.89. The van der Waals surface area contributed by atoms with E-state index in [9.17, 15) is 4.79 Å². The highest BCUT2D eigenvalue weighted by atomic mass is 35.5. The molecular formula is C16H25ClN2O. The number of halogens is 1. The van der Waals surface area contributed by atoms with E-state index in [1.54, 1.807) is 0 Å². The number of unbranched alkanes of at least 4 members (excludes halogenated alkanes) is 1. The zero-order valence-corrected chi connectivity index (χ0v) is 13.4. The minimum Gasteiger partial charge on any atom is -0.355 e. The van der Waals surface area contributed by atoms with Crippen LogP contribution in [0.2, 0.25) is 0 Å². The summed E-state index contributed by atoms with van der Waals surface area (Å²) in [4.78, 5) is 14.2. The molecule has 0 aliphatic carbocycles. The molecule has 3 nitrogen and oxygen atoms in total. The van der Waals surface area contributed by atoms with Crippen molar-refractivity contribution in [3.05, 3.63) is 35.9 Å². The first-order valence-corrected chi connectivity index (χ1v) is 7.63. The minimum atomic E-state index is -0.602. The van der Waals surface area contributed by atoms with Gasteiger partial charge < -0.3 is 10.2 Å². The molecule has 4 heteroatoms. The molecule has 112 valence electrons. The topological polar surface area (TPSA) is 32.3 Å². The summed E-state index contributed by atoms with van der Waals surface area (Å²) < 4.78 is 0. The Labute approximate surface area is 127 Å². The van der Waals surface area contributed by atoms with E-state index in [0.29, 0.717) is 12.6 Å². The third kappa shape index (κ3) is 5.93. The summed E-state index contributed by atoms with van der Waals surface area (Å²) in [5, 5.41) is 2.29. The number of carbonyl (C=O) groups excluding carboxylic acids is 1. The fourth-order valence-electron chi connectivity index (χ4n) is 1.82. The minimum absolute atomic E-state index is 0.116. The van der Waals surface area contributed by atoms with Gasteiger partial charge in [-0.1, -0.05) is 30.3 Å². The second kappa shape index (κ2) is 8.98. The van der Waals surface area contributed by atoms with Crippen molar-refractivity contribution >= 4 is 17.5 Å². The number of nitrogens with one attached hydrogen (secondary N) is 1. The van der Waals surface area contributed by atoms with Crippen LogP contribution in [0.4, 0.5) is 0 Å². The molecule has 0 aromatic heterocycles. The fraction of sp³-hybridized carbons (Fsp3) is 0.562. The van der Waals surface area contributed by atoms with Crippen LogP contribution in [0, 0.1) is 0 Å². The molecule has 1 aromatic rings. The molecule has 0 aliphatic heterocycles. The largest absolute Gasteiger partial charge is 0.355 e. The highest BCUT2D eigenvalue weighted by Gasteiger charge is 2.16. The highest BCUT2D eigenvalue weighted by Crippen LogP contribution is 2.19. The Hall–Kier alpha value is -1.06. The number of hydrogen-bond donors (Lipinski definition) is 1. The lowest BCUT2D eigenvalue weighted by Crippen LogP contribution is -2.30. The van der Waals surface area contributed by atoms with Crippen LogP contribution in [-0.4, -0.2) is 37.0 Å². The van der Waals surface area contributed by atoms with Crippen molar-refractivity contribution in [3.63, 3.8) is 0 Å². The Balaban J connectivity index is 2.20. The van der Waals surface area contributed by atoms with E-state index in [1.807, 2.05) is 30.3 Å². The maximum atomic E-state index is 11.9. The summed E-state index contributed by atoms with van der Waals surface area (Å²) in [5.41, 5.74) is 0.839. The van der Waals surface area contributed by atoms with Crippen molar-refractivity contribution in [1.29, 1.82) is 0 Å². The molecule has 0 heterocycles. The molecule has 0 spiro atoms. The van der Waals surface area contributed by atoms with Crippen LogP contribution in [0.5, 0.6) is 0 Å². The number of alkyl halides is 1. The first-order valence-electron chi connectivity index (χ1n) is 7.19. The second-order valence-electron chi connectivity index (χ2n) is 5.35. The molecule has 1 unspecified atom stereocenters. The van der Waals surface area contributed by atoms with Gasteiger partial charge in [0.25, 0.3) is 0 Å². The Kier molecular flexibility index (Phi) is 7.63. The maximum absolute atomic E-state index is 11.9. The second-order valence-corrected chi connectivity index (χ2v) is 5.78. The first kappa shape index (κ1) is 17.0. The summed E-state index contributed by atoms with van der Waals surface area (Å²) in [7, 11) is 2.12. The van der Waals surface area contributed by atoms with Crippen molar-refractivity contribution in [3.8, 4) is 0 Å². The van der Waals surface area contributed by atoms with Gasteiger partial charge in [0.05, 0.1) is 0 Å². The molecule has 1 rings (SSSR count). The van der Waals surface area contributed by atoms with Crippen LogP contribution in [0.1, 0.15) is 37.6 Å². The molecule has 20 heavy (non-hydrogen) atoms. The average Bonchev–Trinajstić information content (AvgIpc) is 2.46. The standard InChI is InChI=1S/C16H25ClN2O/c1-13(2)19(3)12-8-7-11-18-16(20)15(17)14-9-5-4-6-10-14/h4-6,9-10,13,15H,7-8,11-12H2,1-3H3,(H,18,20). The lowest BCUT2D eigenvalue weighted by Gasteiger charge is -2.20. The summed E-state index contributed by atoms with van der Waals surface area (Å²) in [6.45, 7) is 6.09. The van der Waals surface area contributed by atoms with Crippen LogP contribution in [0.3, 0.4) is 0 Å². The summed E-state index contributed by atoms with van der Waals surface area (Å²) >= 11 is 6.14. The third-order valence-electron chi connectivity index (χ3n) is 3.44. The molecule has 0 fully saturated rings. The molecule has 0 bridgehead atoms. The Bertz CT molecular complexity index is 395. The number of hydrogen-bond acceptors (Lipinski definition) is 2. The van der Waals surface area contributed by atoms with E-state index >= 15 is 0 Å². The van der Waals surface area contributed by atoms with Crippen molar-refractivity contribution in [1.82, 2.24) is 10.2 Å². The van der Waals surface area contributed by atoms with E-state index in [2.05, 4.69) is 31.1 Å². The predicted molar refractivity (Wildman–Crippen MR) is 85.0 cm³/mol. The Morgan fingerprint density at radius 3 is 2.50 bits per heavy atom. The van der Waals surface area contributed by atoms with Gasteiger partial charge in [0.1, 0.15) is 5.38 Å². The van der Waals surface area contributed by atoms with Gasteiger partial charge in [-0.25, -0.2) is 0 Å². The van der Waals surface area contributed by atoms with Gasteiger partial charge in [-0.3, -0.25) is 4.79 Å². The summed E-state index contributed by atoms with van der Waals surface area (Å²) in [6.07, 6.45) is 2.05. The first-order chi connectivity index (χ1) is 9.52. The highest BCUT2D eigenvalue weighted by molar-refractivity contribution is 6.30. The van der Waals surface area contributed by atoms with E-state index in [0.717, 1.165) is 24.9 Å². The average molecular weight is 297 g/mol. The van der Waals surface area contributed by atoms with Gasteiger partial charge in [-0.15, -0.1) is 11.6 Å². The quantitative estimate of drug-likeness (QED) is 0.590. The lowest BCUT2D eigenvalue weighted by molar-refractivity contribution is -0.120. The van der Waals surface area contributed by atoms with Gasteiger partial charge in [-0.05, 0) is 45.8 Å². The molecule has 0 aliphatic rings. The SMILES string of the molecule is CC(C)N(C)CCCCNC(=O)C(Cl)c1ccccc1. The van der Waals surface area contributed by atoms with Gasteiger partial charge in [0.2, 0.25) is 5.91 Å². The van der Waals surface area contributed by atoms with E-state index in [4.69, 9.17) is 11.6 Å². The normalized spacial score (nSPS) is 12.7. The summed E-state index contributed by atoms with van der Waals surface area (Å²) in [6, 6.07) is 9.99. The molecule has 0 saturated heterocycles. The van der Waals surface area contributed by atoms with Crippen LogP contribution >= 0.6 is 11.6 Å². The van der Waals surface area contributed by atoms with Crippen molar-refractivity contribution in [2.24, 2.45) is 0 Å². The zero-order valence-electron chi connectivity index (χ0n) is 12.6. The van der Waals surface area contributed by atoms with E-state index < -0.39 is 5.38 Å². The van der Waals surface area contributed by atoms with Crippen LogP contribution in [0.25, 0.3) is 0 Å². The van der Waals surface area contributed by atoms with Gasteiger partial charge in [0.15, 0.2) is 0 Å². The molecule has 0 saturated carbocycles. The summed E-state index contributed by atoms with van der Waals surface area (Å²) in [5.74, 6) is -0.116. The van der Waals surface area contributed by atoms with Crippen LogP contribution in [0.15, 0.2) is 30.3 Å². The van der Waals surface area contributed by atoms with Crippen LogP contribution in [-0.2, 0) is 4.79 Å². The number of amides is 1. The number of rotatable bonds is 8. The maximum Gasteiger partial charge on any atom is 0.242 e. The number of nitrogens with zero attached hydrogens (tertiary/aromatic N) is 1. The predicted octanol–water partition coefficient (Wildman–Crippen LogP) is 3.20. The van der Waals surface area contributed by atoms with Crippen molar-refractivity contribution in [2.45, 2.75) is 38.1 Å². The Morgan fingerprint density at radius 1 is 1.25 bits per heavy atom. The molecule has 1 amide bonds. The van der Waals surface area contributed by atoms with E-state index in [1.165, 1.54) is 0 Å².